The van der Waals surface area contributed by atoms with E-state index in [1.54, 1.807) is 30.5 Å². The molecule has 1 aliphatic rings. The first-order valence-electron chi connectivity index (χ1n) is 8.32. The molecule has 1 aromatic heterocycles. The number of primary amides is 1. The fourth-order valence-electron chi connectivity index (χ4n) is 3.46. The molecule has 0 aliphatic heterocycles. The molecule has 0 radical (unpaired) electrons. The normalized spacial score (nSPS) is 13.0. The quantitative estimate of drug-likeness (QED) is 0.768. The average molecular weight is 334 g/mol. The molecule has 126 valence electrons. The van der Waals surface area contributed by atoms with Gasteiger partial charge in [-0.15, -0.1) is 0 Å². The van der Waals surface area contributed by atoms with E-state index in [0.717, 1.165) is 29.4 Å². The van der Waals surface area contributed by atoms with Crippen LogP contribution in [0.25, 0.3) is 11.0 Å². The third-order valence-electron chi connectivity index (χ3n) is 4.69. The Kier molecular flexibility index (Phi) is 3.76. The number of benzene rings is 2. The number of nitrogens with one attached hydrogen (secondary N) is 1. The molecule has 2 amide bonds. The van der Waals surface area contributed by atoms with E-state index in [1.165, 1.54) is 17.5 Å². The molecular weight excluding hydrogens is 316 g/mol. The van der Waals surface area contributed by atoms with E-state index in [-0.39, 0.29) is 12.3 Å². The van der Waals surface area contributed by atoms with E-state index in [4.69, 9.17) is 10.2 Å². The van der Waals surface area contributed by atoms with Crippen molar-refractivity contribution in [2.24, 2.45) is 5.73 Å². The first kappa shape index (κ1) is 15.4. The van der Waals surface area contributed by atoms with Gasteiger partial charge in [-0.1, -0.05) is 12.1 Å². The maximum absolute atomic E-state index is 12.4. The monoisotopic (exact) mass is 334 g/mol. The van der Waals surface area contributed by atoms with E-state index >= 15 is 0 Å². The van der Waals surface area contributed by atoms with E-state index in [1.807, 2.05) is 0 Å². The molecule has 0 atom stereocenters. The number of amides is 2. The Morgan fingerprint density at radius 1 is 1.12 bits per heavy atom. The second kappa shape index (κ2) is 6.09. The smallest absolute Gasteiger partial charge is 0.250 e. The van der Waals surface area contributed by atoms with Gasteiger partial charge in [-0.2, -0.15) is 0 Å². The number of carbonyl (C=O) groups is 2. The van der Waals surface area contributed by atoms with Crippen LogP contribution in [0.15, 0.2) is 47.1 Å². The topological polar surface area (TPSA) is 85.3 Å². The van der Waals surface area contributed by atoms with Crippen molar-refractivity contribution >= 4 is 28.5 Å². The zero-order chi connectivity index (χ0) is 17.4. The lowest BCUT2D eigenvalue weighted by molar-refractivity contribution is -0.115. The summed E-state index contributed by atoms with van der Waals surface area (Å²) in [6, 6.07) is 10.9. The molecule has 1 aliphatic carbocycles. The molecule has 0 unspecified atom stereocenters. The fraction of sp³-hybridized carbons (Fsp3) is 0.200. The minimum absolute atomic E-state index is 0.179. The highest BCUT2D eigenvalue weighted by Crippen LogP contribution is 2.30. The highest BCUT2D eigenvalue weighted by molar-refractivity contribution is 6.04. The molecule has 0 bridgehead atoms. The van der Waals surface area contributed by atoms with Crippen molar-refractivity contribution in [2.45, 2.75) is 25.7 Å². The van der Waals surface area contributed by atoms with Crippen LogP contribution in [0.2, 0.25) is 0 Å². The fourth-order valence-corrected chi connectivity index (χ4v) is 3.46. The minimum atomic E-state index is -0.569. The van der Waals surface area contributed by atoms with Gasteiger partial charge in [-0.3, -0.25) is 9.59 Å². The van der Waals surface area contributed by atoms with Crippen molar-refractivity contribution in [3.63, 3.8) is 0 Å². The molecule has 0 saturated heterocycles. The molecule has 3 N–H and O–H groups in total. The SMILES string of the molecule is NC(=O)c1ccccc1NC(=O)Cc1coc2cc3c(cc12)CCC3. The van der Waals surface area contributed by atoms with Crippen molar-refractivity contribution in [1.82, 2.24) is 0 Å². The molecule has 25 heavy (non-hydrogen) atoms. The Hall–Kier alpha value is -3.08. The predicted molar refractivity (Wildman–Crippen MR) is 95.5 cm³/mol. The summed E-state index contributed by atoms with van der Waals surface area (Å²) >= 11 is 0. The van der Waals surface area contributed by atoms with E-state index in [9.17, 15) is 9.59 Å². The standard InChI is InChI=1S/C20H18N2O3/c21-20(24)15-6-1-2-7-17(15)22-19(23)10-14-11-25-18-9-13-5-3-4-12(13)8-16(14)18/h1-2,6-9,11H,3-5,10H2,(H2,21,24)(H,22,23). The second-order valence-corrected chi connectivity index (χ2v) is 6.37. The Balaban J connectivity index is 1.58. The number of aryl methyl sites for hydroxylation is 2. The Morgan fingerprint density at radius 3 is 2.68 bits per heavy atom. The van der Waals surface area contributed by atoms with Crippen LogP contribution in [-0.4, -0.2) is 11.8 Å². The van der Waals surface area contributed by atoms with Crippen LogP contribution in [0, 0.1) is 0 Å². The number of rotatable bonds is 4. The minimum Gasteiger partial charge on any atom is -0.464 e. The van der Waals surface area contributed by atoms with Crippen LogP contribution >= 0.6 is 0 Å². The zero-order valence-electron chi connectivity index (χ0n) is 13.7. The van der Waals surface area contributed by atoms with Crippen LogP contribution in [-0.2, 0) is 24.1 Å². The second-order valence-electron chi connectivity index (χ2n) is 6.37. The summed E-state index contributed by atoms with van der Waals surface area (Å²) in [7, 11) is 0. The Labute approximate surface area is 144 Å². The third kappa shape index (κ3) is 2.89. The first-order chi connectivity index (χ1) is 12.1. The highest BCUT2D eigenvalue weighted by Gasteiger charge is 2.17. The first-order valence-corrected chi connectivity index (χ1v) is 8.32. The van der Waals surface area contributed by atoms with Crippen LogP contribution in [0.4, 0.5) is 5.69 Å². The van der Waals surface area contributed by atoms with Crippen LogP contribution < -0.4 is 11.1 Å². The highest BCUT2D eigenvalue weighted by atomic mass is 16.3. The zero-order valence-corrected chi connectivity index (χ0v) is 13.7. The molecule has 5 heteroatoms. The predicted octanol–water partition coefficient (Wildman–Crippen LogP) is 3.20. The van der Waals surface area contributed by atoms with Gasteiger partial charge in [0.2, 0.25) is 5.91 Å². The molecule has 1 heterocycles. The number of fused-ring (bicyclic) bond motifs is 2. The number of hydrogen-bond donors (Lipinski definition) is 2. The van der Waals surface area contributed by atoms with Crippen molar-refractivity contribution in [3.05, 3.63) is 64.9 Å². The van der Waals surface area contributed by atoms with Gasteiger partial charge in [-0.05, 0) is 54.7 Å². The summed E-state index contributed by atoms with van der Waals surface area (Å²) < 4.78 is 5.63. The van der Waals surface area contributed by atoms with Gasteiger partial charge in [0.1, 0.15) is 5.58 Å². The van der Waals surface area contributed by atoms with Gasteiger partial charge < -0.3 is 15.5 Å². The van der Waals surface area contributed by atoms with Gasteiger partial charge >= 0.3 is 0 Å². The van der Waals surface area contributed by atoms with Crippen LogP contribution in [0.5, 0.6) is 0 Å². The third-order valence-corrected chi connectivity index (χ3v) is 4.69. The molecule has 2 aromatic carbocycles. The van der Waals surface area contributed by atoms with Crippen LogP contribution in [0.1, 0.15) is 33.5 Å². The number of hydrogen-bond acceptors (Lipinski definition) is 3. The number of carbonyl (C=O) groups excluding carboxylic acids is 2. The van der Waals surface area contributed by atoms with Crippen molar-refractivity contribution in [3.8, 4) is 0 Å². The van der Waals surface area contributed by atoms with E-state index in [0.29, 0.717) is 11.3 Å². The Bertz CT molecular complexity index is 988. The van der Waals surface area contributed by atoms with Crippen molar-refractivity contribution in [2.75, 3.05) is 5.32 Å². The number of nitrogens with two attached hydrogens (primary N) is 1. The largest absolute Gasteiger partial charge is 0.464 e. The number of anilines is 1. The van der Waals surface area contributed by atoms with E-state index in [2.05, 4.69) is 17.4 Å². The van der Waals surface area contributed by atoms with E-state index < -0.39 is 5.91 Å². The van der Waals surface area contributed by atoms with Crippen molar-refractivity contribution < 1.29 is 14.0 Å². The summed E-state index contributed by atoms with van der Waals surface area (Å²) in [5.74, 6) is -0.780. The molecule has 0 saturated carbocycles. The number of para-hydroxylation sites is 1. The molecule has 3 aromatic rings. The lowest BCUT2D eigenvalue weighted by Gasteiger charge is -2.08. The molecule has 5 nitrogen and oxygen atoms in total. The van der Waals surface area contributed by atoms with Crippen molar-refractivity contribution in [1.29, 1.82) is 0 Å². The Morgan fingerprint density at radius 2 is 1.88 bits per heavy atom. The summed E-state index contributed by atoms with van der Waals surface area (Å²) in [4.78, 5) is 23.9. The summed E-state index contributed by atoms with van der Waals surface area (Å²) in [5.41, 5.74) is 10.4. The molecule has 0 fully saturated rings. The maximum Gasteiger partial charge on any atom is 0.250 e. The summed E-state index contributed by atoms with van der Waals surface area (Å²) in [6.07, 6.45) is 5.15. The molecule has 4 rings (SSSR count). The van der Waals surface area contributed by atoms with Gasteiger partial charge in [0.05, 0.1) is 23.9 Å². The summed E-state index contributed by atoms with van der Waals surface area (Å²) in [5, 5.41) is 3.75. The summed E-state index contributed by atoms with van der Waals surface area (Å²) in [6.45, 7) is 0. The van der Waals surface area contributed by atoms with Crippen LogP contribution in [0.3, 0.4) is 0 Å². The van der Waals surface area contributed by atoms with Gasteiger partial charge in [0.15, 0.2) is 0 Å². The number of furan rings is 1. The lowest BCUT2D eigenvalue weighted by atomic mass is 10.0. The lowest BCUT2D eigenvalue weighted by Crippen LogP contribution is -2.19. The molecule has 0 spiro atoms. The maximum atomic E-state index is 12.4. The molecular formula is C20H18N2O3. The van der Waals surface area contributed by atoms with Gasteiger partial charge in [0.25, 0.3) is 5.91 Å². The average Bonchev–Trinajstić information content (AvgIpc) is 3.20. The van der Waals surface area contributed by atoms with Gasteiger partial charge in [-0.25, -0.2) is 0 Å². The van der Waals surface area contributed by atoms with Gasteiger partial charge in [0, 0.05) is 10.9 Å².